The maximum atomic E-state index is 12.3. The van der Waals surface area contributed by atoms with Crippen LogP contribution in [0.5, 0.6) is 11.5 Å². The molecule has 3 rings (SSSR count). The van der Waals surface area contributed by atoms with Crippen LogP contribution in [0.2, 0.25) is 0 Å². The molecule has 0 radical (unpaired) electrons. The first-order valence-electron chi connectivity index (χ1n) is 7.24. The number of methoxy groups -OCH3 is 3. The minimum atomic E-state index is -0.320. The largest absolute Gasteiger partial charge is 0.497 e. The Balaban J connectivity index is 2.00. The van der Waals surface area contributed by atoms with Crippen LogP contribution in [0.4, 0.5) is 0 Å². The molecule has 0 aliphatic carbocycles. The van der Waals surface area contributed by atoms with E-state index in [-0.39, 0.29) is 17.1 Å². The van der Waals surface area contributed by atoms with Crippen molar-refractivity contribution in [1.82, 2.24) is 0 Å². The highest BCUT2D eigenvalue weighted by Crippen LogP contribution is 2.55. The van der Waals surface area contributed by atoms with E-state index in [1.165, 1.54) is 7.11 Å². The maximum absolute atomic E-state index is 12.3. The molecule has 1 aliphatic heterocycles. The first-order valence-corrected chi connectivity index (χ1v) is 8.12. The predicted octanol–water partition coefficient (Wildman–Crippen LogP) is 3.81. The van der Waals surface area contributed by atoms with E-state index in [9.17, 15) is 4.79 Å². The summed E-state index contributed by atoms with van der Waals surface area (Å²) < 4.78 is 15.5. The van der Waals surface area contributed by atoms with Crippen LogP contribution in [0, 0.1) is 0 Å². The highest BCUT2D eigenvalue weighted by atomic mass is 32.2. The molecule has 0 spiro atoms. The summed E-state index contributed by atoms with van der Waals surface area (Å²) in [6, 6.07) is 13.6. The van der Waals surface area contributed by atoms with Gasteiger partial charge in [0.15, 0.2) is 0 Å². The average Bonchev–Trinajstić information content (AvgIpc) is 2.99. The summed E-state index contributed by atoms with van der Waals surface area (Å²) in [7, 11) is 4.71. The topological polar surface area (TPSA) is 44.8 Å². The van der Waals surface area contributed by atoms with Crippen molar-refractivity contribution < 1.29 is 19.0 Å². The zero-order chi connectivity index (χ0) is 16.4. The van der Waals surface area contributed by atoms with Gasteiger partial charge in [0.2, 0.25) is 0 Å². The van der Waals surface area contributed by atoms with E-state index in [1.807, 2.05) is 42.5 Å². The fraction of sp³-hybridized carbons (Fsp3) is 0.278. The molecule has 120 valence electrons. The molecule has 0 unspecified atom stereocenters. The van der Waals surface area contributed by atoms with Gasteiger partial charge in [-0.2, -0.15) is 0 Å². The van der Waals surface area contributed by atoms with E-state index in [4.69, 9.17) is 14.2 Å². The van der Waals surface area contributed by atoms with Gasteiger partial charge in [-0.15, -0.1) is 11.8 Å². The quantitative estimate of drug-likeness (QED) is 0.798. The Labute approximate surface area is 139 Å². The second-order valence-electron chi connectivity index (χ2n) is 5.22. The van der Waals surface area contributed by atoms with Crippen molar-refractivity contribution in [1.29, 1.82) is 0 Å². The first-order chi connectivity index (χ1) is 11.2. The Morgan fingerprint density at radius 1 is 0.957 bits per heavy atom. The monoisotopic (exact) mass is 330 g/mol. The minimum absolute atomic E-state index is 0.0181. The lowest BCUT2D eigenvalue weighted by Crippen LogP contribution is -2.16. The van der Waals surface area contributed by atoms with Crippen molar-refractivity contribution in [3.63, 3.8) is 0 Å². The van der Waals surface area contributed by atoms with Crippen LogP contribution in [0.25, 0.3) is 0 Å². The van der Waals surface area contributed by atoms with Gasteiger partial charge in [-0.1, -0.05) is 18.2 Å². The predicted molar refractivity (Wildman–Crippen MR) is 89.3 cm³/mol. The molecule has 5 heteroatoms. The highest BCUT2D eigenvalue weighted by molar-refractivity contribution is 8.00. The fourth-order valence-corrected chi connectivity index (χ4v) is 4.28. The molecule has 0 aromatic heterocycles. The smallest absolute Gasteiger partial charge is 0.314 e. The molecule has 23 heavy (non-hydrogen) atoms. The van der Waals surface area contributed by atoms with Crippen molar-refractivity contribution in [2.24, 2.45) is 0 Å². The van der Waals surface area contributed by atoms with E-state index < -0.39 is 0 Å². The average molecular weight is 330 g/mol. The van der Waals surface area contributed by atoms with Crippen LogP contribution in [0.3, 0.4) is 0 Å². The van der Waals surface area contributed by atoms with Gasteiger partial charge >= 0.3 is 5.97 Å². The van der Waals surface area contributed by atoms with E-state index in [0.717, 1.165) is 27.5 Å². The van der Waals surface area contributed by atoms with Gasteiger partial charge < -0.3 is 14.2 Å². The second kappa shape index (κ2) is 6.54. The Morgan fingerprint density at radius 3 is 2.22 bits per heavy atom. The molecule has 1 aliphatic rings. The number of carbonyl (C=O) groups is 1. The summed E-state index contributed by atoms with van der Waals surface area (Å²) in [5.41, 5.74) is 2.06. The van der Waals surface area contributed by atoms with Crippen molar-refractivity contribution in [2.45, 2.75) is 16.1 Å². The lowest BCUT2D eigenvalue weighted by atomic mass is 9.92. The molecule has 0 saturated heterocycles. The second-order valence-corrected chi connectivity index (χ2v) is 6.40. The normalized spacial score (nSPS) is 19.1. The van der Waals surface area contributed by atoms with Gasteiger partial charge in [-0.25, -0.2) is 0 Å². The van der Waals surface area contributed by atoms with Crippen molar-refractivity contribution >= 4 is 17.7 Å². The van der Waals surface area contributed by atoms with Crippen LogP contribution in [-0.4, -0.2) is 27.3 Å². The SMILES string of the molecule is COC(=O)[C@H]1c2ccc(OC)cc2S[C@@H]1c1ccc(OC)cc1. The van der Waals surface area contributed by atoms with E-state index in [2.05, 4.69) is 0 Å². The lowest BCUT2D eigenvalue weighted by Gasteiger charge is -2.18. The third kappa shape index (κ3) is 2.88. The number of benzene rings is 2. The molecule has 0 saturated carbocycles. The Morgan fingerprint density at radius 2 is 1.61 bits per heavy atom. The van der Waals surface area contributed by atoms with E-state index >= 15 is 0 Å². The Kier molecular flexibility index (Phi) is 4.48. The van der Waals surface area contributed by atoms with E-state index in [1.54, 1.807) is 26.0 Å². The number of ether oxygens (including phenoxy) is 3. The van der Waals surface area contributed by atoms with E-state index in [0.29, 0.717) is 0 Å². The minimum Gasteiger partial charge on any atom is -0.497 e. The molecule has 0 fully saturated rings. The van der Waals surface area contributed by atoms with Crippen LogP contribution < -0.4 is 9.47 Å². The third-order valence-corrected chi connectivity index (χ3v) is 5.42. The molecular formula is C18H18O4S. The summed E-state index contributed by atoms with van der Waals surface area (Å²) in [6.45, 7) is 0. The number of thioether (sulfide) groups is 1. The summed E-state index contributed by atoms with van der Waals surface area (Å²) in [6.07, 6.45) is 0. The molecular weight excluding hydrogens is 312 g/mol. The summed E-state index contributed by atoms with van der Waals surface area (Å²) in [5.74, 6) is 1.04. The molecule has 1 heterocycles. The molecule has 2 atom stereocenters. The maximum Gasteiger partial charge on any atom is 0.314 e. The molecule has 0 bridgehead atoms. The van der Waals surface area contributed by atoms with Gasteiger partial charge in [-0.3, -0.25) is 4.79 Å². The van der Waals surface area contributed by atoms with Gasteiger partial charge in [0.1, 0.15) is 11.5 Å². The highest BCUT2D eigenvalue weighted by Gasteiger charge is 2.40. The van der Waals surface area contributed by atoms with Crippen LogP contribution in [0.1, 0.15) is 22.3 Å². The molecule has 0 N–H and O–H groups in total. The number of hydrogen-bond donors (Lipinski definition) is 0. The van der Waals surface area contributed by atoms with Gasteiger partial charge in [0.25, 0.3) is 0 Å². The zero-order valence-corrected chi connectivity index (χ0v) is 14.1. The molecule has 2 aromatic rings. The first kappa shape index (κ1) is 15.7. The van der Waals surface area contributed by atoms with Crippen molar-refractivity contribution in [3.05, 3.63) is 53.6 Å². The van der Waals surface area contributed by atoms with Crippen molar-refractivity contribution in [3.8, 4) is 11.5 Å². The lowest BCUT2D eigenvalue weighted by molar-refractivity contribution is -0.142. The number of carbonyl (C=O) groups excluding carboxylic acids is 1. The van der Waals surface area contributed by atoms with Crippen LogP contribution >= 0.6 is 11.8 Å². The third-order valence-electron chi connectivity index (χ3n) is 4.01. The zero-order valence-electron chi connectivity index (χ0n) is 13.2. The standard InChI is InChI=1S/C18H18O4S/c1-20-12-6-4-11(5-7-12)17-16(18(19)22-3)14-9-8-13(21-2)10-15(14)23-17/h4-10,16-17H,1-3H3/t16-,17+/m0/s1. The van der Waals surface area contributed by atoms with Crippen molar-refractivity contribution in [2.75, 3.05) is 21.3 Å². The summed E-state index contributed by atoms with van der Waals surface area (Å²) >= 11 is 1.66. The van der Waals surface area contributed by atoms with Crippen LogP contribution in [-0.2, 0) is 9.53 Å². The summed E-state index contributed by atoms with van der Waals surface area (Å²) in [4.78, 5) is 13.4. The molecule has 0 amide bonds. The fourth-order valence-electron chi connectivity index (χ4n) is 2.80. The Bertz CT molecular complexity index is 711. The summed E-state index contributed by atoms with van der Waals surface area (Å²) in [5, 5.41) is -0.0181. The number of fused-ring (bicyclic) bond motifs is 1. The number of hydrogen-bond acceptors (Lipinski definition) is 5. The van der Waals surface area contributed by atoms with Gasteiger partial charge in [0.05, 0.1) is 32.5 Å². The molecule has 2 aromatic carbocycles. The van der Waals surface area contributed by atoms with Gasteiger partial charge in [0, 0.05) is 4.90 Å². The number of rotatable bonds is 4. The number of esters is 1. The Hall–Kier alpha value is -2.14. The molecule has 4 nitrogen and oxygen atoms in total. The van der Waals surface area contributed by atoms with Gasteiger partial charge in [-0.05, 0) is 35.4 Å². The van der Waals surface area contributed by atoms with Crippen LogP contribution in [0.15, 0.2) is 47.4 Å².